The molecule has 0 atom stereocenters. The topological polar surface area (TPSA) is 44.9 Å². The number of benzene rings is 2. The van der Waals surface area contributed by atoms with Gasteiger partial charge >= 0.3 is 0 Å². The van der Waals surface area contributed by atoms with E-state index < -0.39 is 5.41 Å². The van der Waals surface area contributed by atoms with Crippen LogP contribution in [0.5, 0.6) is 0 Å². The first kappa shape index (κ1) is 14.9. The van der Waals surface area contributed by atoms with Crippen molar-refractivity contribution in [2.75, 3.05) is 5.32 Å². The Morgan fingerprint density at radius 1 is 1.21 bits per heavy atom. The molecule has 1 amide bonds. The SMILES string of the molecule is CCc1ccc(NC(=O)C2(c3c[nH]c4ccc(F)cc34)CC2)cc1. The van der Waals surface area contributed by atoms with Crippen LogP contribution in [-0.4, -0.2) is 10.9 Å². The van der Waals surface area contributed by atoms with E-state index in [4.69, 9.17) is 0 Å². The van der Waals surface area contributed by atoms with Crippen LogP contribution in [0.1, 0.15) is 30.9 Å². The van der Waals surface area contributed by atoms with Crippen molar-refractivity contribution in [2.24, 2.45) is 0 Å². The van der Waals surface area contributed by atoms with E-state index in [1.54, 1.807) is 6.07 Å². The van der Waals surface area contributed by atoms with Crippen molar-refractivity contribution in [1.29, 1.82) is 0 Å². The third-order valence-corrected chi connectivity index (χ3v) is 4.96. The molecule has 0 radical (unpaired) electrons. The van der Waals surface area contributed by atoms with Gasteiger partial charge in [-0.25, -0.2) is 4.39 Å². The second-order valence-corrected chi connectivity index (χ2v) is 6.48. The normalized spacial score (nSPS) is 15.4. The Kier molecular flexibility index (Phi) is 3.41. The van der Waals surface area contributed by atoms with Crippen LogP contribution in [0, 0.1) is 5.82 Å². The van der Waals surface area contributed by atoms with Crippen LogP contribution in [0.4, 0.5) is 10.1 Å². The molecule has 3 nitrogen and oxygen atoms in total. The van der Waals surface area contributed by atoms with Crippen molar-refractivity contribution < 1.29 is 9.18 Å². The highest BCUT2D eigenvalue weighted by molar-refractivity contribution is 6.04. The summed E-state index contributed by atoms with van der Waals surface area (Å²) < 4.78 is 13.6. The lowest BCUT2D eigenvalue weighted by Crippen LogP contribution is -2.27. The van der Waals surface area contributed by atoms with Crippen LogP contribution in [0.2, 0.25) is 0 Å². The minimum atomic E-state index is -0.546. The summed E-state index contributed by atoms with van der Waals surface area (Å²) in [6, 6.07) is 12.6. The molecular formula is C20H19FN2O. The highest BCUT2D eigenvalue weighted by atomic mass is 19.1. The molecule has 1 aromatic heterocycles. The molecule has 4 rings (SSSR count). The molecule has 2 N–H and O–H groups in total. The van der Waals surface area contributed by atoms with Gasteiger partial charge in [0.1, 0.15) is 5.82 Å². The number of fused-ring (bicyclic) bond motifs is 1. The number of H-pyrrole nitrogens is 1. The summed E-state index contributed by atoms with van der Waals surface area (Å²) in [6.45, 7) is 2.10. The van der Waals surface area contributed by atoms with E-state index in [-0.39, 0.29) is 11.7 Å². The molecule has 1 aliphatic rings. The zero-order valence-electron chi connectivity index (χ0n) is 13.5. The number of aryl methyl sites for hydroxylation is 1. The van der Waals surface area contributed by atoms with Crippen LogP contribution in [0.3, 0.4) is 0 Å². The molecular weight excluding hydrogens is 303 g/mol. The number of hydrogen-bond donors (Lipinski definition) is 2. The van der Waals surface area contributed by atoms with Crippen molar-refractivity contribution in [1.82, 2.24) is 4.98 Å². The van der Waals surface area contributed by atoms with Gasteiger partial charge in [-0.1, -0.05) is 19.1 Å². The smallest absolute Gasteiger partial charge is 0.235 e. The highest BCUT2D eigenvalue weighted by Gasteiger charge is 2.52. The van der Waals surface area contributed by atoms with Crippen molar-refractivity contribution >= 4 is 22.5 Å². The number of halogens is 1. The van der Waals surface area contributed by atoms with Crippen LogP contribution < -0.4 is 5.32 Å². The first-order valence-corrected chi connectivity index (χ1v) is 8.30. The summed E-state index contributed by atoms with van der Waals surface area (Å²) in [6.07, 6.45) is 4.39. The number of aromatic amines is 1. The number of anilines is 1. The average molecular weight is 322 g/mol. The zero-order chi connectivity index (χ0) is 16.7. The minimum absolute atomic E-state index is 0.0168. The molecule has 0 bridgehead atoms. The van der Waals surface area contributed by atoms with E-state index in [2.05, 4.69) is 17.2 Å². The van der Waals surface area contributed by atoms with E-state index in [9.17, 15) is 9.18 Å². The number of hydrogen-bond acceptors (Lipinski definition) is 1. The summed E-state index contributed by atoms with van der Waals surface area (Å²) in [5.74, 6) is -0.299. The molecule has 2 aromatic carbocycles. The van der Waals surface area contributed by atoms with Crippen molar-refractivity contribution in [3.05, 3.63) is 65.6 Å². The third kappa shape index (κ3) is 2.39. The Labute approximate surface area is 139 Å². The number of carbonyl (C=O) groups is 1. The molecule has 1 aliphatic carbocycles. The first-order chi connectivity index (χ1) is 11.6. The van der Waals surface area contributed by atoms with Crippen molar-refractivity contribution in [3.63, 3.8) is 0 Å². The lowest BCUT2D eigenvalue weighted by atomic mass is 9.94. The Hall–Kier alpha value is -2.62. The summed E-state index contributed by atoms with van der Waals surface area (Å²) in [7, 11) is 0. The van der Waals surface area contributed by atoms with E-state index in [0.29, 0.717) is 0 Å². The molecule has 1 heterocycles. The number of amides is 1. The molecule has 0 saturated heterocycles. The lowest BCUT2D eigenvalue weighted by molar-refractivity contribution is -0.118. The number of aromatic nitrogens is 1. The van der Waals surface area contributed by atoms with Gasteiger partial charge in [-0.05, 0) is 60.7 Å². The van der Waals surface area contributed by atoms with Gasteiger partial charge in [0.15, 0.2) is 0 Å². The molecule has 0 unspecified atom stereocenters. The lowest BCUT2D eigenvalue weighted by Gasteiger charge is -2.15. The van der Waals surface area contributed by atoms with Gasteiger partial charge in [0.25, 0.3) is 0 Å². The fourth-order valence-corrected chi connectivity index (χ4v) is 3.31. The second kappa shape index (κ2) is 5.48. The van der Waals surface area contributed by atoms with Gasteiger partial charge in [0, 0.05) is 22.8 Å². The standard InChI is InChI=1S/C20H19FN2O/c1-2-13-3-6-15(7-4-13)23-19(24)20(9-10-20)17-12-22-18-8-5-14(21)11-16(17)18/h3-8,11-12,22H,2,9-10H2,1H3,(H,23,24). The molecule has 3 aromatic rings. The number of nitrogens with one attached hydrogen (secondary N) is 2. The Balaban J connectivity index is 1.64. The molecule has 4 heteroatoms. The minimum Gasteiger partial charge on any atom is -0.361 e. The zero-order valence-corrected chi connectivity index (χ0v) is 13.5. The maximum atomic E-state index is 13.6. The highest BCUT2D eigenvalue weighted by Crippen LogP contribution is 2.51. The van der Waals surface area contributed by atoms with E-state index in [0.717, 1.165) is 41.4 Å². The summed E-state index contributed by atoms with van der Waals surface area (Å²) in [4.78, 5) is 16.0. The Morgan fingerprint density at radius 2 is 1.96 bits per heavy atom. The maximum Gasteiger partial charge on any atom is 0.235 e. The first-order valence-electron chi connectivity index (χ1n) is 8.30. The predicted octanol–water partition coefficient (Wildman–Crippen LogP) is 4.54. The molecule has 0 spiro atoms. The fraction of sp³-hybridized carbons (Fsp3) is 0.250. The second-order valence-electron chi connectivity index (χ2n) is 6.48. The number of carbonyl (C=O) groups excluding carboxylic acids is 1. The van der Waals surface area contributed by atoms with E-state index in [1.807, 2.05) is 30.5 Å². The Morgan fingerprint density at radius 3 is 2.62 bits per heavy atom. The predicted molar refractivity (Wildman–Crippen MR) is 93.6 cm³/mol. The molecule has 24 heavy (non-hydrogen) atoms. The van der Waals surface area contributed by atoms with Gasteiger partial charge in [-0.3, -0.25) is 4.79 Å². The van der Waals surface area contributed by atoms with Gasteiger partial charge in [-0.2, -0.15) is 0 Å². The third-order valence-electron chi connectivity index (χ3n) is 4.96. The maximum absolute atomic E-state index is 13.6. The number of rotatable bonds is 4. The molecule has 1 fully saturated rings. The molecule has 122 valence electrons. The van der Waals surface area contributed by atoms with Crippen LogP contribution in [0.25, 0.3) is 10.9 Å². The average Bonchev–Trinajstić information content (AvgIpc) is 3.30. The van der Waals surface area contributed by atoms with Gasteiger partial charge in [0.2, 0.25) is 5.91 Å². The van der Waals surface area contributed by atoms with Gasteiger partial charge in [-0.15, -0.1) is 0 Å². The largest absolute Gasteiger partial charge is 0.361 e. The molecule has 1 saturated carbocycles. The summed E-state index contributed by atoms with van der Waals surface area (Å²) in [5.41, 5.74) is 3.24. The van der Waals surface area contributed by atoms with Gasteiger partial charge < -0.3 is 10.3 Å². The van der Waals surface area contributed by atoms with Crippen LogP contribution >= 0.6 is 0 Å². The van der Waals surface area contributed by atoms with Crippen molar-refractivity contribution in [3.8, 4) is 0 Å². The summed E-state index contributed by atoms with van der Waals surface area (Å²) >= 11 is 0. The van der Waals surface area contributed by atoms with Crippen LogP contribution in [0.15, 0.2) is 48.7 Å². The van der Waals surface area contributed by atoms with E-state index >= 15 is 0 Å². The molecule has 0 aliphatic heterocycles. The van der Waals surface area contributed by atoms with Crippen LogP contribution in [-0.2, 0) is 16.6 Å². The Bertz CT molecular complexity index is 907. The monoisotopic (exact) mass is 322 g/mol. The van der Waals surface area contributed by atoms with Crippen molar-refractivity contribution in [2.45, 2.75) is 31.6 Å². The quantitative estimate of drug-likeness (QED) is 0.728. The van der Waals surface area contributed by atoms with Gasteiger partial charge in [0.05, 0.1) is 5.41 Å². The van der Waals surface area contributed by atoms with E-state index in [1.165, 1.54) is 17.7 Å². The fourth-order valence-electron chi connectivity index (χ4n) is 3.31. The summed E-state index contributed by atoms with van der Waals surface area (Å²) in [5, 5.41) is 3.81.